The number of benzene rings is 2. The van der Waals surface area contributed by atoms with Crippen LogP contribution in [0.25, 0.3) is 21.8 Å². The molecular weight excluding hydrogens is 295 g/mol. The molecule has 0 saturated carbocycles. The van der Waals surface area contributed by atoms with Gasteiger partial charge in [-0.15, -0.1) is 0 Å². The first-order valence-corrected chi connectivity index (χ1v) is 7.77. The number of halogens is 1. The number of nitrogens with two attached hydrogens (primary N) is 1. The quantitative estimate of drug-likeness (QED) is 0.788. The van der Waals surface area contributed by atoms with Crippen LogP contribution in [0, 0.1) is 5.82 Å². The third-order valence-electron chi connectivity index (χ3n) is 4.63. The predicted octanol–water partition coefficient (Wildman–Crippen LogP) is 3.38. The average molecular weight is 312 g/mol. The molecule has 23 heavy (non-hydrogen) atoms. The number of primary amides is 1. The topological polar surface area (TPSA) is 57.2 Å². The van der Waals surface area contributed by atoms with Gasteiger partial charge in [0.1, 0.15) is 0 Å². The molecule has 2 heterocycles. The summed E-state index contributed by atoms with van der Waals surface area (Å²) < 4.78 is 22.5. The third kappa shape index (κ3) is 2.11. The number of aromatic nitrogens is 1. The smallest absolute Gasteiger partial charge is 0.251 e. The fraction of sp³-hybridized carbons (Fsp3) is 0.278. The molecule has 118 valence electrons. The normalized spacial score (nSPS) is 16.2. The Morgan fingerprint density at radius 2 is 1.87 bits per heavy atom. The molecule has 0 radical (unpaired) electrons. The van der Waals surface area contributed by atoms with E-state index in [1.54, 1.807) is 6.07 Å². The van der Waals surface area contributed by atoms with E-state index in [-0.39, 0.29) is 11.6 Å². The molecule has 1 amide bonds. The van der Waals surface area contributed by atoms with Gasteiger partial charge in [0.25, 0.3) is 5.91 Å². The van der Waals surface area contributed by atoms with Crippen LogP contribution >= 0.6 is 0 Å². The summed E-state index contributed by atoms with van der Waals surface area (Å²) in [6, 6.07) is 11.3. The first-order chi connectivity index (χ1) is 11.2. The Morgan fingerprint density at radius 1 is 1.13 bits per heavy atom. The minimum absolute atomic E-state index is 0.0615. The minimum atomic E-state index is -0.742. The maximum absolute atomic E-state index is 15.0. The highest BCUT2D eigenvalue weighted by molar-refractivity contribution is 6.10. The van der Waals surface area contributed by atoms with E-state index in [2.05, 4.69) is 0 Å². The molecule has 1 aliphatic rings. The van der Waals surface area contributed by atoms with E-state index in [1.165, 1.54) is 6.07 Å². The van der Waals surface area contributed by atoms with Crippen molar-refractivity contribution in [2.24, 2.45) is 5.73 Å². The SMILES string of the molecule is NC(=O)c1ccc2c3ccccc3n(C3CCOCC3)c2c1F. The van der Waals surface area contributed by atoms with Crippen molar-refractivity contribution in [1.82, 2.24) is 4.57 Å². The van der Waals surface area contributed by atoms with Crippen LogP contribution in [0.4, 0.5) is 4.39 Å². The summed E-state index contributed by atoms with van der Waals surface area (Å²) >= 11 is 0. The van der Waals surface area contributed by atoms with Crippen molar-refractivity contribution < 1.29 is 13.9 Å². The molecule has 0 atom stereocenters. The van der Waals surface area contributed by atoms with Gasteiger partial charge in [0, 0.05) is 35.5 Å². The lowest BCUT2D eigenvalue weighted by atomic mass is 10.1. The Kier molecular flexibility index (Phi) is 3.31. The van der Waals surface area contributed by atoms with Gasteiger partial charge in [0.15, 0.2) is 5.82 Å². The summed E-state index contributed by atoms with van der Waals surface area (Å²) in [5.74, 6) is -1.27. The van der Waals surface area contributed by atoms with Gasteiger partial charge in [-0.05, 0) is 25.0 Å². The second kappa shape index (κ2) is 5.35. The molecule has 1 fully saturated rings. The Labute approximate surface area is 132 Å². The van der Waals surface area contributed by atoms with Gasteiger partial charge in [-0.3, -0.25) is 4.79 Å². The molecule has 2 aromatic carbocycles. The predicted molar refractivity (Wildman–Crippen MR) is 87.0 cm³/mol. The summed E-state index contributed by atoms with van der Waals surface area (Å²) in [4.78, 5) is 11.5. The van der Waals surface area contributed by atoms with Crippen molar-refractivity contribution in [1.29, 1.82) is 0 Å². The molecular formula is C18H17FN2O2. The first kappa shape index (κ1) is 14.2. The van der Waals surface area contributed by atoms with Gasteiger partial charge >= 0.3 is 0 Å². The number of para-hydroxylation sites is 1. The molecule has 0 spiro atoms. The van der Waals surface area contributed by atoms with Crippen molar-refractivity contribution >= 4 is 27.7 Å². The van der Waals surface area contributed by atoms with Crippen LogP contribution in [0.5, 0.6) is 0 Å². The summed E-state index contributed by atoms with van der Waals surface area (Å²) in [5.41, 5.74) is 6.71. The maximum Gasteiger partial charge on any atom is 0.251 e. The second-order valence-electron chi connectivity index (χ2n) is 5.92. The monoisotopic (exact) mass is 312 g/mol. The zero-order chi connectivity index (χ0) is 16.0. The largest absolute Gasteiger partial charge is 0.381 e. The standard InChI is InChI=1S/C18H17FN2O2/c19-16-14(18(20)22)6-5-13-12-3-1-2-4-15(12)21(17(13)16)11-7-9-23-10-8-11/h1-6,11H,7-10H2,(H2,20,22). The minimum Gasteiger partial charge on any atom is -0.381 e. The van der Waals surface area contributed by atoms with Crippen molar-refractivity contribution in [2.75, 3.05) is 13.2 Å². The van der Waals surface area contributed by atoms with Crippen LogP contribution < -0.4 is 5.73 Å². The van der Waals surface area contributed by atoms with Crippen LogP contribution in [0.3, 0.4) is 0 Å². The molecule has 0 aliphatic carbocycles. The van der Waals surface area contributed by atoms with Crippen LogP contribution in [0.15, 0.2) is 36.4 Å². The van der Waals surface area contributed by atoms with Crippen molar-refractivity contribution in [3.8, 4) is 0 Å². The number of fused-ring (bicyclic) bond motifs is 3. The number of hydrogen-bond donors (Lipinski definition) is 1. The van der Waals surface area contributed by atoms with Gasteiger partial charge in [0.2, 0.25) is 0 Å². The van der Waals surface area contributed by atoms with Gasteiger partial charge in [-0.2, -0.15) is 0 Å². The Morgan fingerprint density at radius 3 is 2.61 bits per heavy atom. The maximum atomic E-state index is 15.0. The number of nitrogens with zero attached hydrogens (tertiary/aromatic N) is 1. The van der Waals surface area contributed by atoms with Crippen molar-refractivity contribution in [3.05, 3.63) is 47.8 Å². The highest BCUT2D eigenvalue weighted by Gasteiger charge is 2.24. The molecule has 1 saturated heterocycles. The summed E-state index contributed by atoms with van der Waals surface area (Å²) in [6.07, 6.45) is 1.65. The van der Waals surface area contributed by atoms with Gasteiger partial charge in [0.05, 0.1) is 11.1 Å². The van der Waals surface area contributed by atoms with E-state index < -0.39 is 11.7 Å². The van der Waals surface area contributed by atoms with E-state index in [4.69, 9.17) is 10.5 Å². The fourth-order valence-electron chi connectivity index (χ4n) is 3.56. The highest BCUT2D eigenvalue weighted by Crippen LogP contribution is 2.37. The molecule has 5 heteroatoms. The molecule has 3 aromatic rings. The number of ether oxygens (including phenoxy) is 1. The average Bonchev–Trinajstić information content (AvgIpc) is 2.91. The van der Waals surface area contributed by atoms with Crippen LogP contribution in [0.2, 0.25) is 0 Å². The van der Waals surface area contributed by atoms with E-state index in [0.29, 0.717) is 18.7 Å². The third-order valence-corrected chi connectivity index (χ3v) is 4.63. The zero-order valence-corrected chi connectivity index (χ0v) is 12.6. The molecule has 0 unspecified atom stereocenters. The second-order valence-corrected chi connectivity index (χ2v) is 5.92. The number of rotatable bonds is 2. The summed E-state index contributed by atoms with van der Waals surface area (Å²) in [6.45, 7) is 1.32. The van der Waals surface area contributed by atoms with Crippen LogP contribution in [-0.2, 0) is 4.74 Å². The Bertz CT molecular complexity index is 910. The summed E-state index contributed by atoms with van der Waals surface area (Å²) in [7, 11) is 0. The number of amides is 1. The molecule has 1 aromatic heterocycles. The van der Waals surface area contributed by atoms with Gasteiger partial charge in [-0.1, -0.05) is 24.3 Å². The number of hydrogen-bond acceptors (Lipinski definition) is 2. The van der Waals surface area contributed by atoms with Crippen molar-refractivity contribution in [2.45, 2.75) is 18.9 Å². The van der Waals surface area contributed by atoms with Gasteiger partial charge < -0.3 is 15.0 Å². The van der Waals surface area contributed by atoms with E-state index in [0.717, 1.165) is 29.1 Å². The molecule has 0 bridgehead atoms. The molecule has 1 aliphatic heterocycles. The zero-order valence-electron chi connectivity index (χ0n) is 12.6. The lowest BCUT2D eigenvalue weighted by Crippen LogP contribution is -2.20. The van der Waals surface area contributed by atoms with Gasteiger partial charge in [-0.25, -0.2) is 4.39 Å². The van der Waals surface area contributed by atoms with E-state index in [1.807, 2.05) is 28.8 Å². The van der Waals surface area contributed by atoms with Crippen molar-refractivity contribution in [3.63, 3.8) is 0 Å². The van der Waals surface area contributed by atoms with E-state index >= 15 is 4.39 Å². The molecule has 4 rings (SSSR count). The fourth-order valence-corrected chi connectivity index (χ4v) is 3.56. The number of carbonyl (C=O) groups excluding carboxylic acids is 1. The Balaban J connectivity index is 2.10. The van der Waals surface area contributed by atoms with E-state index in [9.17, 15) is 4.79 Å². The lowest BCUT2D eigenvalue weighted by molar-refractivity contribution is 0.0716. The first-order valence-electron chi connectivity index (χ1n) is 7.77. The summed E-state index contributed by atoms with van der Waals surface area (Å²) in [5, 5.41) is 1.80. The number of carbonyl (C=O) groups is 1. The van der Waals surface area contributed by atoms with Crippen LogP contribution in [0.1, 0.15) is 29.2 Å². The van der Waals surface area contributed by atoms with Crippen LogP contribution in [-0.4, -0.2) is 23.7 Å². The molecule has 2 N–H and O–H groups in total. The highest BCUT2D eigenvalue weighted by atomic mass is 19.1. The lowest BCUT2D eigenvalue weighted by Gasteiger charge is -2.25. The molecule has 4 nitrogen and oxygen atoms in total. The Hall–Kier alpha value is -2.40.